The zero-order valence-corrected chi connectivity index (χ0v) is 36.1. The highest BCUT2D eigenvalue weighted by Gasteiger charge is 2.45. The molecular formula is C44H46Cl2N8O10. The Morgan fingerprint density at radius 1 is 0.797 bits per heavy atom. The fourth-order valence-electron chi connectivity index (χ4n) is 7.67. The number of piperidine rings is 2. The average molecular weight is 918 g/mol. The Kier molecular flexibility index (Phi) is 15.5. The zero-order chi connectivity index (χ0) is 45.2. The van der Waals surface area contributed by atoms with Crippen LogP contribution in [0.1, 0.15) is 84.8 Å². The summed E-state index contributed by atoms with van der Waals surface area (Å²) in [6.07, 6.45) is 3.05. The molecule has 2 fully saturated rings. The Labute approximate surface area is 377 Å². The summed E-state index contributed by atoms with van der Waals surface area (Å²) in [7, 11) is 0. The lowest BCUT2D eigenvalue weighted by atomic mass is 10.0. The van der Waals surface area contributed by atoms with Crippen LogP contribution in [0.2, 0.25) is 10.0 Å². The van der Waals surface area contributed by atoms with E-state index in [4.69, 9.17) is 37.4 Å². The lowest BCUT2D eigenvalue weighted by Crippen LogP contribution is -2.54. The minimum absolute atomic E-state index is 0.0415. The molecule has 5 N–H and O–H groups in total. The van der Waals surface area contributed by atoms with Gasteiger partial charge in [-0.25, -0.2) is 0 Å². The summed E-state index contributed by atoms with van der Waals surface area (Å²) in [4.78, 5) is 92.1. The van der Waals surface area contributed by atoms with Gasteiger partial charge in [-0.05, 0) is 60.7 Å². The van der Waals surface area contributed by atoms with Gasteiger partial charge in [-0.3, -0.25) is 53.8 Å². The fourth-order valence-corrected chi connectivity index (χ4v) is 8.24. The molecule has 2 saturated heterocycles. The van der Waals surface area contributed by atoms with Crippen LogP contribution in [0, 0.1) is 0 Å². The third-order valence-electron chi connectivity index (χ3n) is 10.9. The number of nitrogens with zero attached hydrogens (tertiary/aromatic N) is 3. The molecule has 3 aliphatic rings. The van der Waals surface area contributed by atoms with Crippen LogP contribution in [0.5, 0.6) is 0 Å². The Morgan fingerprint density at radius 2 is 1.50 bits per heavy atom. The van der Waals surface area contributed by atoms with Crippen LogP contribution < -0.4 is 21.3 Å². The predicted octanol–water partition coefficient (Wildman–Crippen LogP) is 4.34. The number of rotatable bonds is 19. The standard InChI is InChI=1S/C44H46Cl2N8O10/c45-31-8-3-9-32(46)38(31)41(58)50-33-23-47-52-39(33)42(59)49-28-12-15-53(16-13-28)24-26-4-1-6-29(22-26)48-36(56)14-17-62-18-19-63-20-21-64-25-27-5-2-7-30-37(27)44(61)54(43(30)60)34-10-11-35(55)51-40(34)57/h1-9,22-23,28,34H,10-21,24-25H2,(H,47,52)(H,48,56)(H,49,59)(H,50,58)(H,51,55,57). The van der Waals surface area contributed by atoms with E-state index in [0.29, 0.717) is 30.6 Å². The number of amides is 7. The van der Waals surface area contributed by atoms with Gasteiger partial charge >= 0.3 is 0 Å². The van der Waals surface area contributed by atoms with E-state index in [0.717, 1.165) is 23.6 Å². The molecular weight excluding hydrogens is 871 g/mol. The van der Waals surface area contributed by atoms with Crippen molar-refractivity contribution in [2.24, 2.45) is 0 Å². The van der Waals surface area contributed by atoms with Gasteiger partial charge in [-0.15, -0.1) is 0 Å². The quantitative estimate of drug-likeness (QED) is 0.0654. The molecule has 1 unspecified atom stereocenters. The molecule has 1 atom stereocenters. The van der Waals surface area contributed by atoms with Crippen LogP contribution in [0.4, 0.5) is 11.4 Å². The van der Waals surface area contributed by atoms with Gasteiger partial charge in [0.2, 0.25) is 17.7 Å². The van der Waals surface area contributed by atoms with Gasteiger partial charge in [0.25, 0.3) is 23.6 Å². The van der Waals surface area contributed by atoms with Crippen LogP contribution >= 0.6 is 23.2 Å². The lowest BCUT2D eigenvalue weighted by molar-refractivity contribution is -0.136. The fraction of sp³-hybridized carbons (Fsp3) is 0.364. The number of halogens is 2. The first-order valence-corrected chi connectivity index (χ1v) is 21.5. The number of aromatic amines is 1. The maximum atomic E-state index is 13.2. The Balaban J connectivity index is 0.744. The monoisotopic (exact) mass is 916 g/mol. The van der Waals surface area contributed by atoms with Crippen molar-refractivity contribution in [3.05, 3.63) is 110 Å². The number of ether oxygens (including phenoxy) is 3. The van der Waals surface area contributed by atoms with Gasteiger partial charge in [0.1, 0.15) is 11.7 Å². The van der Waals surface area contributed by atoms with Crippen LogP contribution in [-0.2, 0) is 41.7 Å². The molecule has 7 amide bonds. The van der Waals surface area contributed by atoms with Crippen molar-refractivity contribution in [3.63, 3.8) is 0 Å². The van der Waals surface area contributed by atoms with Crippen molar-refractivity contribution in [1.29, 1.82) is 0 Å². The number of carbonyl (C=O) groups excluding carboxylic acids is 7. The maximum Gasteiger partial charge on any atom is 0.271 e. The van der Waals surface area contributed by atoms with Gasteiger partial charge in [-0.1, -0.05) is 53.5 Å². The summed E-state index contributed by atoms with van der Waals surface area (Å²) < 4.78 is 16.9. The number of aromatic nitrogens is 2. The molecule has 4 heterocycles. The molecule has 0 spiro atoms. The number of benzene rings is 3. The van der Waals surface area contributed by atoms with Crippen molar-refractivity contribution in [3.8, 4) is 0 Å². The van der Waals surface area contributed by atoms with Gasteiger partial charge in [0.05, 0.1) is 84.7 Å². The zero-order valence-electron chi connectivity index (χ0n) is 34.6. The lowest BCUT2D eigenvalue weighted by Gasteiger charge is -2.32. The number of H-pyrrole nitrogens is 1. The number of fused-ring (bicyclic) bond motifs is 1. The van der Waals surface area contributed by atoms with Gasteiger partial charge in [0, 0.05) is 37.8 Å². The summed E-state index contributed by atoms with van der Waals surface area (Å²) in [5.74, 6) is -3.41. The van der Waals surface area contributed by atoms with E-state index >= 15 is 0 Å². The number of carbonyl (C=O) groups is 7. The summed E-state index contributed by atoms with van der Waals surface area (Å²) >= 11 is 12.3. The van der Waals surface area contributed by atoms with Gasteiger partial charge < -0.3 is 30.2 Å². The predicted molar refractivity (Wildman–Crippen MR) is 233 cm³/mol. The van der Waals surface area contributed by atoms with Crippen molar-refractivity contribution >= 4 is 75.9 Å². The minimum atomic E-state index is -1.04. The van der Waals surface area contributed by atoms with Crippen molar-refractivity contribution in [2.75, 3.05) is 56.8 Å². The number of hydrogen-bond acceptors (Lipinski definition) is 12. The van der Waals surface area contributed by atoms with E-state index in [-0.39, 0.29) is 109 Å². The molecule has 0 radical (unpaired) electrons. The molecule has 3 aliphatic heterocycles. The molecule has 3 aromatic carbocycles. The molecule has 0 saturated carbocycles. The first-order valence-electron chi connectivity index (χ1n) is 20.7. The molecule has 64 heavy (non-hydrogen) atoms. The summed E-state index contributed by atoms with van der Waals surface area (Å²) in [5.41, 5.74) is 3.02. The normalized spacial score (nSPS) is 16.7. The number of hydrogen-bond donors (Lipinski definition) is 5. The van der Waals surface area contributed by atoms with E-state index in [9.17, 15) is 33.6 Å². The SMILES string of the molecule is O=C1CCC(N2C(=O)c3cccc(COCCOCCOCCC(=O)Nc4cccc(CN5CCC(NC(=O)c6[nH]ncc6NC(=O)c6c(Cl)cccc6Cl)CC5)c4)c3C2=O)C(=O)N1. The summed E-state index contributed by atoms with van der Waals surface area (Å²) in [6.45, 7) is 3.39. The topological polar surface area (TPSA) is 230 Å². The van der Waals surface area contributed by atoms with Gasteiger partial charge in [0.15, 0.2) is 0 Å². The summed E-state index contributed by atoms with van der Waals surface area (Å²) in [6, 6.07) is 16.1. The Hall–Kier alpha value is -6.02. The average Bonchev–Trinajstić information content (AvgIpc) is 3.83. The third kappa shape index (κ3) is 11.4. The first kappa shape index (κ1) is 46.0. The van der Waals surface area contributed by atoms with Crippen molar-refractivity contribution in [1.82, 2.24) is 30.6 Å². The molecule has 0 aliphatic carbocycles. The molecule has 1 aromatic heterocycles. The van der Waals surface area contributed by atoms with Crippen LogP contribution in [0.3, 0.4) is 0 Å². The first-order chi connectivity index (χ1) is 31.0. The van der Waals surface area contributed by atoms with E-state index in [1.807, 2.05) is 24.3 Å². The molecule has 0 bridgehead atoms. The highest BCUT2D eigenvalue weighted by molar-refractivity contribution is 6.40. The second-order valence-corrected chi connectivity index (χ2v) is 16.1. The van der Waals surface area contributed by atoms with E-state index in [1.54, 1.807) is 30.3 Å². The van der Waals surface area contributed by atoms with Crippen molar-refractivity contribution in [2.45, 2.75) is 57.3 Å². The molecule has 336 valence electrons. The summed E-state index contributed by atoms with van der Waals surface area (Å²) in [5, 5.41) is 17.8. The number of imide groups is 2. The highest BCUT2D eigenvalue weighted by Crippen LogP contribution is 2.31. The Morgan fingerprint density at radius 3 is 2.25 bits per heavy atom. The Bertz CT molecular complexity index is 2400. The van der Waals surface area contributed by atoms with Gasteiger partial charge in [-0.2, -0.15) is 5.10 Å². The minimum Gasteiger partial charge on any atom is -0.379 e. The maximum absolute atomic E-state index is 13.2. The highest BCUT2D eigenvalue weighted by atomic mass is 35.5. The van der Waals surface area contributed by atoms with Crippen LogP contribution in [0.15, 0.2) is 66.9 Å². The van der Waals surface area contributed by atoms with Crippen LogP contribution in [-0.4, -0.2) is 120 Å². The van der Waals surface area contributed by atoms with E-state index in [2.05, 4.69) is 36.4 Å². The largest absolute Gasteiger partial charge is 0.379 e. The number of nitrogens with one attached hydrogen (secondary N) is 5. The molecule has 4 aromatic rings. The number of anilines is 2. The number of likely N-dealkylation sites (tertiary alicyclic amines) is 1. The van der Waals surface area contributed by atoms with E-state index < -0.39 is 41.5 Å². The molecule has 7 rings (SSSR count). The smallest absolute Gasteiger partial charge is 0.271 e. The third-order valence-corrected chi connectivity index (χ3v) is 11.5. The second-order valence-electron chi connectivity index (χ2n) is 15.3. The van der Waals surface area contributed by atoms with Crippen LogP contribution in [0.25, 0.3) is 0 Å². The second kappa shape index (κ2) is 21.6. The molecule has 20 heteroatoms. The van der Waals surface area contributed by atoms with E-state index in [1.165, 1.54) is 12.3 Å². The van der Waals surface area contributed by atoms with Crippen molar-refractivity contribution < 1.29 is 47.8 Å². The molecule has 18 nitrogen and oxygen atoms in total.